The molecule has 2 fully saturated rings. The molecule has 1 aromatic heterocycles. The fourth-order valence-corrected chi connectivity index (χ4v) is 3.61. The number of nitrogens with one attached hydrogen (secondary N) is 1. The Morgan fingerprint density at radius 2 is 2.00 bits per heavy atom. The molecule has 2 heterocycles. The molecule has 0 radical (unpaired) electrons. The minimum Gasteiger partial charge on any atom is -0.324 e. The standard InChI is InChI=1S/C18H28N4O/c1-3-18(4-2)10-5-12-22(13-11-18)17(23)19-16-9-8-15(20-21-16)14-6-7-14/h8-9,14H,3-7,10-13H2,1-2H3,(H,19,21,23). The minimum atomic E-state index is -0.0403. The first-order chi connectivity index (χ1) is 11.2. The summed E-state index contributed by atoms with van der Waals surface area (Å²) in [7, 11) is 0. The number of rotatable bonds is 4. The van der Waals surface area contributed by atoms with Gasteiger partial charge in [0.15, 0.2) is 5.82 Å². The summed E-state index contributed by atoms with van der Waals surface area (Å²) >= 11 is 0. The van der Waals surface area contributed by atoms with Crippen LogP contribution < -0.4 is 5.32 Å². The molecular formula is C18H28N4O. The number of likely N-dealkylation sites (tertiary alicyclic amines) is 1. The van der Waals surface area contributed by atoms with Gasteiger partial charge in [-0.05, 0) is 49.7 Å². The minimum absolute atomic E-state index is 0.0403. The quantitative estimate of drug-likeness (QED) is 0.906. The molecule has 0 unspecified atom stereocenters. The number of amides is 2. The lowest BCUT2D eigenvalue weighted by atomic mass is 9.76. The molecular weight excluding hydrogens is 288 g/mol. The second-order valence-corrected chi connectivity index (χ2v) is 7.10. The third-order valence-corrected chi connectivity index (χ3v) is 5.75. The number of nitrogens with zero attached hydrogens (tertiary/aromatic N) is 3. The van der Waals surface area contributed by atoms with Crippen LogP contribution in [-0.4, -0.2) is 34.2 Å². The average molecular weight is 316 g/mol. The lowest BCUT2D eigenvalue weighted by molar-refractivity contribution is 0.201. The molecule has 1 saturated heterocycles. The molecule has 5 heteroatoms. The van der Waals surface area contributed by atoms with E-state index in [0.29, 0.717) is 17.2 Å². The van der Waals surface area contributed by atoms with Crippen LogP contribution in [0, 0.1) is 5.41 Å². The van der Waals surface area contributed by atoms with Gasteiger partial charge in [0.05, 0.1) is 5.69 Å². The summed E-state index contributed by atoms with van der Waals surface area (Å²) in [5.41, 5.74) is 1.47. The predicted octanol–water partition coefficient (Wildman–Crippen LogP) is 4.18. The van der Waals surface area contributed by atoms with Crippen molar-refractivity contribution in [2.45, 2.75) is 64.7 Å². The molecule has 0 aromatic carbocycles. The van der Waals surface area contributed by atoms with E-state index in [0.717, 1.165) is 31.6 Å². The van der Waals surface area contributed by atoms with Gasteiger partial charge >= 0.3 is 6.03 Å². The maximum absolute atomic E-state index is 12.5. The van der Waals surface area contributed by atoms with Crippen molar-refractivity contribution >= 4 is 11.8 Å². The van der Waals surface area contributed by atoms with Crippen molar-refractivity contribution < 1.29 is 4.79 Å². The van der Waals surface area contributed by atoms with Crippen LogP contribution in [0.1, 0.15) is 70.4 Å². The Kier molecular flexibility index (Phi) is 4.83. The normalized spacial score (nSPS) is 20.9. The summed E-state index contributed by atoms with van der Waals surface area (Å²) in [5.74, 6) is 1.15. The highest BCUT2D eigenvalue weighted by molar-refractivity contribution is 5.88. The summed E-state index contributed by atoms with van der Waals surface area (Å²) in [6.45, 7) is 6.22. The van der Waals surface area contributed by atoms with Gasteiger partial charge in [0.25, 0.3) is 0 Å². The molecule has 23 heavy (non-hydrogen) atoms. The van der Waals surface area contributed by atoms with E-state index in [9.17, 15) is 4.79 Å². The van der Waals surface area contributed by atoms with Gasteiger partial charge in [-0.3, -0.25) is 5.32 Å². The maximum atomic E-state index is 12.5. The molecule has 0 atom stereocenters. The average Bonchev–Trinajstić information content (AvgIpc) is 3.42. The first kappa shape index (κ1) is 16.2. The van der Waals surface area contributed by atoms with Crippen LogP contribution >= 0.6 is 0 Å². The van der Waals surface area contributed by atoms with Crippen LogP contribution in [0.4, 0.5) is 10.6 Å². The fourth-order valence-electron chi connectivity index (χ4n) is 3.61. The molecule has 5 nitrogen and oxygen atoms in total. The predicted molar refractivity (Wildman–Crippen MR) is 91.5 cm³/mol. The van der Waals surface area contributed by atoms with Crippen LogP contribution in [-0.2, 0) is 0 Å². The number of hydrogen-bond acceptors (Lipinski definition) is 3. The number of aromatic nitrogens is 2. The Balaban J connectivity index is 1.57. The van der Waals surface area contributed by atoms with Gasteiger partial charge in [-0.25, -0.2) is 4.79 Å². The Morgan fingerprint density at radius 1 is 1.22 bits per heavy atom. The van der Waals surface area contributed by atoms with Gasteiger partial charge in [-0.15, -0.1) is 5.10 Å². The third-order valence-electron chi connectivity index (χ3n) is 5.75. The van der Waals surface area contributed by atoms with Crippen molar-refractivity contribution in [1.29, 1.82) is 0 Å². The molecule has 1 aliphatic carbocycles. The van der Waals surface area contributed by atoms with Gasteiger partial charge in [-0.2, -0.15) is 5.10 Å². The second kappa shape index (κ2) is 6.85. The molecule has 1 saturated carbocycles. The van der Waals surface area contributed by atoms with E-state index < -0.39 is 0 Å². The van der Waals surface area contributed by atoms with Crippen LogP contribution in [0.25, 0.3) is 0 Å². The molecule has 0 spiro atoms. The third kappa shape index (κ3) is 3.82. The van der Waals surface area contributed by atoms with Crippen molar-refractivity contribution in [2.75, 3.05) is 18.4 Å². The Bertz CT molecular complexity index is 534. The van der Waals surface area contributed by atoms with Crippen LogP contribution in [0.5, 0.6) is 0 Å². The van der Waals surface area contributed by atoms with E-state index in [1.165, 1.54) is 32.1 Å². The fraction of sp³-hybridized carbons (Fsp3) is 0.722. The highest BCUT2D eigenvalue weighted by atomic mass is 16.2. The van der Waals surface area contributed by atoms with E-state index >= 15 is 0 Å². The van der Waals surface area contributed by atoms with Gasteiger partial charge in [-0.1, -0.05) is 26.7 Å². The van der Waals surface area contributed by atoms with Crippen molar-refractivity contribution in [3.8, 4) is 0 Å². The van der Waals surface area contributed by atoms with E-state index in [2.05, 4.69) is 29.4 Å². The smallest absolute Gasteiger partial charge is 0.323 e. The van der Waals surface area contributed by atoms with Crippen LogP contribution in [0.15, 0.2) is 12.1 Å². The summed E-state index contributed by atoms with van der Waals surface area (Å²) in [4.78, 5) is 14.4. The van der Waals surface area contributed by atoms with E-state index in [-0.39, 0.29) is 6.03 Å². The number of carbonyl (C=O) groups excluding carboxylic acids is 1. The number of hydrogen-bond donors (Lipinski definition) is 1. The van der Waals surface area contributed by atoms with Gasteiger partial charge in [0, 0.05) is 19.0 Å². The molecule has 2 aliphatic rings. The van der Waals surface area contributed by atoms with Gasteiger partial charge < -0.3 is 4.90 Å². The molecule has 1 aliphatic heterocycles. The monoisotopic (exact) mass is 316 g/mol. The summed E-state index contributed by atoms with van der Waals surface area (Å²) < 4.78 is 0. The maximum Gasteiger partial charge on any atom is 0.323 e. The summed E-state index contributed by atoms with van der Waals surface area (Å²) in [6, 6.07) is 3.82. The first-order valence-electron chi connectivity index (χ1n) is 9.05. The van der Waals surface area contributed by atoms with Crippen molar-refractivity contribution in [3.63, 3.8) is 0 Å². The zero-order valence-electron chi connectivity index (χ0n) is 14.3. The van der Waals surface area contributed by atoms with Gasteiger partial charge in [0.2, 0.25) is 0 Å². The van der Waals surface area contributed by atoms with Crippen molar-refractivity contribution in [2.24, 2.45) is 5.41 Å². The lowest BCUT2D eigenvalue weighted by Gasteiger charge is -2.30. The second-order valence-electron chi connectivity index (χ2n) is 7.10. The molecule has 126 valence electrons. The zero-order chi connectivity index (χ0) is 16.3. The number of urea groups is 1. The van der Waals surface area contributed by atoms with Gasteiger partial charge in [0.1, 0.15) is 0 Å². The topological polar surface area (TPSA) is 58.1 Å². The summed E-state index contributed by atoms with van der Waals surface area (Å²) in [5, 5.41) is 11.3. The van der Waals surface area contributed by atoms with E-state index in [4.69, 9.17) is 0 Å². The number of carbonyl (C=O) groups is 1. The molecule has 2 amide bonds. The number of anilines is 1. The SMILES string of the molecule is CCC1(CC)CCCN(C(=O)Nc2ccc(C3CC3)nn2)CC1. The van der Waals surface area contributed by atoms with Crippen molar-refractivity contribution in [3.05, 3.63) is 17.8 Å². The van der Waals surface area contributed by atoms with E-state index in [1.807, 2.05) is 17.0 Å². The molecule has 3 rings (SSSR count). The zero-order valence-corrected chi connectivity index (χ0v) is 14.3. The highest BCUT2D eigenvalue weighted by Gasteiger charge is 2.30. The first-order valence-corrected chi connectivity index (χ1v) is 9.05. The van der Waals surface area contributed by atoms with Crippen molar-refractivity contribution in [1.82, 2.24) is 15.1 Å². The molecule has 1 N–H and O–H groups in total. The molecule has 1 aromatic rings. The largest absolute Gasteiger partial charge is 0.324 e. The Hall–Kier alpha value is -1.65. The van der Waals surface area contributed by atoms with Crippen LogP contribution in [0.2, 0.25) is 0 Å². The molecule has 0 bridgehead atoms. The van der Waals surface area contributed by atoms with Crippen LogP contribution in [0.3, 0.4) is 0 Å². The highest BCUT2D eigenvalue weighted by Crippen LogP contribution is 2.39. The Labute approximate surface area is 138 Å². The van der Waals surface area contributed by atoms with E-state index in [1.54, 1.807) is 0 Å². The Morgan fingerprint density at radius 3 is 2.61 bits per heavy atom. The summed E-state index contributed by atoms with van der Waals surface area (Å²) in [6.07, 6.45) is 8.23. The lowest BCUT2D eigenvalue weighted by Crippen LogP contribution is -2.36.